The molecule has 21 heavy (non-hydrogen) atoms. The highest BCUT2D eigenvalue weighted by atomic mass is 32.2. The summed E-state index contributed by atoms with van der Waals surface area (Å²) in [7, 11) is -3.02. The predicted octanol–water partition coefficient (Wildman–Crippen LogP) is 0.359. The number of ether oxygens (including phenoxy) is 2. The van der Waals surface area contributed by atoms with E-state index in [9.17, 15) is 18.0 Å². The van der Waals surface area contributed by atoms with Crippen molar-refractivity contribution in [2.75, 3.05) is 6.61 Å². The molecule has 4 atom stereocenters. The van der Waals surface area contributed by atoms with Crippen LogP contribution in [0.1, 0.15) is 26.2 Å². The van der Waals surface area contributed by atoms with Crippen LogP contribution in [-0.4, -0.2) is 39.2 Å². The van der Waals surface area contributed by atoms with Crippen molar-refractivity contribution in [3.05, 3.63) is 12.7 Å². The maximum absolute atomic E-state index is 11.7. The Morgan fingerprint density at radius 2 is 2.14 bits per heavy atom. The Kier molecular flexibility index (Phi) is 4.67. The molecule has 0 saturated heterocycles. The first-order valence-electron chi connectivity index (χ1n) is 6.65. The molecule has 0 aromatic rings. The summed E-state index contributed by atoms with van der Waals surface area (Å²) in [6, 6.07) is 0. The van der Waals surface area contributed by atoms with Crippen molar-refractivity contribution in [2.24, 2.45) is 11.3 Å². The molecule has 0 aliphatic heterocycles. The molecule has 0 amide bonds. The van der Waals surface area contributed by atoms with E-state index in [2.05, 4.69) is 11.3 Å². The van der Waals surface area contributed by atoms with Gasteiger partial charge in [0.05, 0.1) is 0 Å². The third-order valence-electron chi connectivity index (χ3n) is 4.23. The smallest absolute Gasteiger partial charge is 0.344 e. The molecule has 0 spiro atoms. The molecule has 118 valence electrons. The van der Waals surface area contributed by atoms with Gasteiger partial charge in [-0.25, -0.2) is 18.0 Å². The van der Waals surface area contributed by atoms with Gasteiger partial charge in [-0.15, -0.1) is 0 Å². The molecule has 0 heterocycles. The predicted molar refractivity (Wildman–Crippen MR) is 71.7 cm³/mol. The van der Waals surface area contributed by atoms with E-state index < -0.39 is 41.7 Å². The molecule has 2 rings (SSSR count). The van der Waals surface area contributed by atoms with Crippen LogP contribution >= 0.6 is 0 Å². The molecule has 2 aliphatic carbocycles. The van der Waals surface area contributed by atoms with Crippen LogP contribution in [0.15, 0.2) is 12.7 Å². The minimum Gasteiger partial charge on any atom is -0.457 e. The fourth-order valence-corrected chi connectivity index (χ4v) is 3.87. The molecule has 7 nitrogen and oxygen atoms in total. The van der Waals surface area contributed by atoms with Crippen molar-refractivity contribution in [3.8, 4) is 0 Å². The molecule has 2 saturated carbocycles. The summed E-state index contributed by atoms with van der Waals surface area (Å²) in [6.07, 6.45) is 2.11. The largest absolute Gasteiger partial charge is 0.457 e. The van der Waals surface area contributed by atoms with E-state index in [1.165, 1.54) is 0 Å². The van der Waals surface area contributed by atoms with Crippen LogP contribution in [0.5, 0.6) is 0 Å². The Balaban J connectivity index is 1.99. The van der Waals surface area contributed by atoms with Crippen LogP contribution in [0.4, 0.5) is 0 Å². The lowest BCUT2D eigenvalue weighted by Crippen LogP contribution is -2.43. The average Bonchev–Trinajstić information content (AvgIpc) is 2.92. The van der Waals surface area contributed by atoms with Gasteiger partial charge >= 0.3 is 11.9 Å². The van der Waals surface area contributed by atoms with Crippen molar-refractivity contribution in [1.29, 1.82) is 0 Å². The fourth-order valence-electron chi connectivity index (χ4n) is 3.31. The van der Waals surface area contributed by atoms with Gasteiger partial charge in [-0.05, 0) is 30.6 Å². The molecule has 0 radical (unpaired) electrons. The lowest BCUT2D eigenvalue weighted by Gasteiger charge is -2.34. The van der Waals surface area contributed by atoms with Crippen LogP contribution in [0, 0.1) is 11.3 Å². The summed E-state index contributed by atoms with van der Waals surface area (Å²) in [6.45, 7) is 4.62. The van der Waals surface area contributed by atoms with Crippen molar-refractivity contribution in [3.63, 3.8) is 0 Å². The highest BCUT2D eigenvalue weighted by Crippen LogP contribution is 2.56. The van der Waals surface area contributed by atoms with E-state index in [-0.39, 0.29) is 11.3 Å². The lowest BCUT2D eigenvalue weighted by atomic mass is 9.83. The van der Waals surface area contributed by atoms with E-state index in [0.717, 1.165) is 25.3 Å². The minimum absolute atomic E-state index is 0.0778. The second-order valence-corrected chi connectivity index (χ2v) is 6.33. The lowest BCUT2D eigenvalue weighted by molar-refractivity contribution is -0.167. The molecule has 8 heteroatoms. The molecular weight excluding hydrogens is 300 g/mol. The van der Waals surface area contributed by atoms with Crippen molar-refractivity contribution in [1.82, 2.24) is 0 Å². The third-order valence-corrected chi connectivity index (χ3v) is 4.63. The first-order chi connectivity index (χ1) is 9.85. The fraction of sp³-hybridized carbons (Fsp3) is 0.692. The minimum atomic E-state index is -3.02. The van der Waals surface area contributed by atoms with Crippen molar-refractivity contribution < 1.29 is 31.7 Å². The first kappa shape index (κ1) is 16.0. The number of carbonyl (C=O) groups excluding carboxylic acids is 2. The first-order valence-corrected chi connectivity index (χ1v) is 7.75. The summed E-state index contributed by atoms with van der Waals surface area (Å²) < 4.78 is 36.5. The number of carbonyl (C=O) groups is 2. The topological polar surface area (TPSA) is 96.0 Å². The summed E-state index contributed by atoms with van der Waals surface area (Å²) >= 11 is 0. The molecule has 0 N–H and O–H groups in total. The zero-order chi connectivity index (χ0) is 15.6. The van der Waals surface area contributed by atoms with Crippen molar-refractivity contribution in [2.45, 2.75) is 38.4 Å². The van der Waals surface area contributed by atoms with E-state index in [1.807, 2.05) is 6.92 Å². The van der Waals surface area contributed by atoms with Gasteiger partial charge in [0.2, 0.25) is 0 Å². The van der Waals surface area contributed by atoms with E-state index >= 15 is 0 Å². The van der Waals surface area contributed by atoms with Crippen LogP contribution in [0.2, 0.25) is 0 Å². The van der Waals surface area contributed by atoms with Crippen LogP contribution in [-0.2, 0) is 34.2 Å². The SMILES string of the molecule is C=CC(=O)OCC(=O)OC1C2CCC(C)(C2)C1O[SH](=O)=O. The molecule has 2 bridgehead atoms. The Morgan fingerprint density at radius 3 is 2.76 bits per heavy atom. The number of hydrogen-bond donors (Lipinski definition) is 1. The highest BCUT2D eigenvalue weighted by molar-refractivity contribution is 7.67. The molecule has 0 aromatic heterocycles. The zero-order valence-corrected chi connectivity index (χ0v) is 12.5. The summed E-state index contributed by atoms with van der Waals surface area (Å²) in [5.74, 6) is -1.36. The second kappa shape index (κ2) is 6.15. The van der Waals surface area contributed by atoms with E-state index in [4.69, 9.17) is 8.92 Å². The van der Waals surface area contributed by atoms with Crippen molar-refractivity contribution >= 4 is 22.9 Å². The highest BCUT2D eigenvalue weighted by Gasteiger charge is 2.58. The van der Waals surface area contributed by atoms with Crippen LogP contribution in [0.25, 0.3) is 0 Å². The standard InChI is InChI=1S/C13H18O7S/c1-3-9(14)18-7-10(15)19-11-8-4-5-13(2,6-8)12(11)20-21(16)17/h3,8,11-12,21H,1,4-7H2,2H3. The Morgan fingerprint density at radius 1 is 1.43 bits per heavy atom. The monoisotopic (exact) mass is 318 g/mol. The molecular formula is C13H18O7S. The van der Waals surface area contributed by atoms with Gasteiger partial charge in [0, 0.05) is 6.08 Å². The Labute approximate surface area is 124 Å². The quantitative estimate of drug-likeness (QED) is 0.429. The van der Waals surface area contributed by atoms with Gasteiger partial charge in [0.1, 0.15) is 12.2 Å². The van der Waals surface area contributed by atoms with Gasteiger partial charge in [-0.2, -0.15) is 0 Å². The maximum atomic E-state index is 11.7. The van der Waals surface area contributed by atoms with Gasteiger partial charge in [0.25, 0.3) is 11.0 Å². The molecule has 4 unspecified atom stereocenters. The molecule has 0 aromatic carbocycles. The normalized spacial score (nSPS) is 33.9. The number of hydrogen-bond acceptors (Lipinski definition) is 7. The van der Waals surface area contributed by atoms with Gasteiger partial charge in [-0.3, -0.25) is 4.18 Å². The van der Waals surface area contributed by atoms with Crippen LogP contribution in [0.3, 0.4) is 0 Å². The average molecular weight is 318 g/mol. The molecule has 2 aliphatic rings. The number of rotatable bonds is 6. The van der Waals surface area contributed by atoms with Gasteiger partial charge in [0.15, 0.2) is 6.61 Å². The third kappa shape index (κ3) is 3.44. The summed E-state index contributed by atoms with van der Waals surface area (Å²) in [5, 5.41) is 0. The van der Waals surface area contributed by atoms with E-state index in [0.29, 0.717) is 0 Å². The maximum Gasteiger partial charge on any atom is 0.344 e. The summed E-state index contributed by atoms with van der Waals surface area (Å²) in [5.41, 5.74) is -0.303. The van der Waals surface area contributed by atoms with Crippen LogP contribution < -0.4 is 0 Å². The van der Waals surface area contributed by atoms with Gasteiger partial charge < -0.3 is 9.47 Å². The van der Waals surface area contributed by atoms with E-state index in [1.54, 1.807) is 0 Å². The second-order valence-electron chi connectivity index (χ2n) is 5.67. The number of esters is 2. The number of thiol groups is 1. The van der Waals surface area contributed by atoms with Gasteiger partial charge in [-0.1, -0.05) is 13.5 Å². The summed E-state index contributed by atoms with van der Waals surface area (Å²) in [4.78, 5) is 22.6. The number of fused-ring (bicyclic) bond motifs is 2. The Hall–Kier alpha value is -1.41. The Bertz CT molecular complexity index is 519. The zero-order valence-electron chi connectivity index (χ0n) is 11.6. The molecule has 2 fully saturated rings.